The van der Waals surface area contributed by atoms with Crippen molar-refractivity contribution >= 4 is 28.2 Å². The van der Waals surface area contributed by atoms with Crippen LogP contribution in [0.25, 0.3) is 38.9 Å². The van der Waals surface area contributed by atoms with E-state index in [2.05, 4.69) is 32.4 Å². The smallest absolute Gasteiger partial charge is 0.280 e. The Hall–Kier alpha value is -5.43. The minimum absolute atomic E-state index is 0.199. The summed E-state index contributed by atoms with van der Waals surface area (Å²) in [5.74, 6) is 0.417. The summed E-state index contributed by atoms with van der Waals surface area (Å²) in [6.45, 7) is 0. The van der Waals surface area contributed by atoms with Gasteiger partial charge in [-0.2, -0.15) is 9.78 Å². The monoisotopic (exact) mass is 506 g/mol. The Labute approximate surface area is 224 Å². The van der Waals surface area contributed by atoms with E-state index in [1.165, 1.54) is 6.33 Å². The van der Waals surface area contributed by atoms with Gasteiger partial charge in [0.15, 0.2) is 0 Å². The third-order valence-electron chi connectivity index (χ3n) is 6.90. The minimum atomic E-state index is -0.199. The van der Waals surface area contributed by atoms with Gasteiger partial charge in [0, 0.05) is 41.0 Å². The molecule has 0 fully saturated rings. The first kappa shape index (κ1) is 22.7. The van der Waals surface area contributed by atoms with E-state index in [1.807, 2.05) is 78.9 Å². The summed E-state index contributed by atoms with van der Waals surface area (Å²) in [4.78, 5) is 27.2. The van der Waals surface area contributed by atoms with Crippen molar-refractivity contribution in [2.24, 2.45) is 0 Å². The van der Waals surface area contributed by atoms with Gasteiger partial charge in [0.05, 0.1) is 16.8 Å². The van der Waals surface area contributed by atoms with E-state index in [9.17, 15) is 4.79 Å². The molecule has 0 spiro atoms. The largest absolute Gasteiger partial charge is 0.343 e. The van der Waals surface area contributed by atoms with Crippen LogP contribution in [-0.4, -0.2) is 30.6 Å². The molecule has 4 heterocycles. The van der Waals surface area contributed by atoms with E-state index >= 15 is 0 Å². The fourth-order valence-corrected chi connectivity index (χ4v) is 5.14. The Morgan fingerprint density at radius 1 is 0.744 bits per heavy atom. The predicted octanol–water partition coefficient (Wildman–Crippen LogP) is 6.28. The van der Waals surface area contributed by atoms with Crippen molar-refractivity contribution in [3.63, 3.8) is 0 Å². The number of aromatic nitrogens is 5. The molecule has 0 radical (unpaired) electrons. The van der Waals surface area contributed by atoms with Crippen molar-refractivity contribution < 1.29 is 4.79 Å². The molecule has 0 saturated carbocycles. The Bertz CT molecular complexity index is 1860. The summed E-state index contributed by atoms with van der Waals surface area (Å²) in [7, 11) is 0. The minimum Gasteiger partial charge on any atom is -0.343 e. The highest BCUT2D eigenvalue weighted by molar-refractivity contribution is 6.23. The van der Waals surface area contributed by atoms with Crippen molar-refractivity contribution in [2.75, 3.05) is 5.32 Å². The lowest BCUT2D eigenvalue weighted by atomic mass is 9.92. The van der Waals surface area contributed by atoms with Gasteiger partial charge in [0.25, 0.3) is 5.91 Å². The maximum Gasteiger partial charge on any atom is 0.280 e. The van der Waals surface area contributed by atoms with Crippen LogP contribution in [0.3, 0.4) is 0 Å². The molecule has 0 bridgehead atoms. The van der Waals surface area contributed by atoms with Crippen molar-refractivity contribution in [1.82, 2.24) is 24.7 Å². The fourth-order valence-electron chi connectivity index (χ4n) is 5.14. The standard InChI is InChI=1S/C32H22N6O/c39-32-29(24-13-14-25-23(18-24)12-7-16-34-25)26(36-28-15-17-33-20-35-28)19-27-30(21-8-3-1-4-9-21)31(37-38(27)32)22-10-5-2-6-11-22/h1-18,20H,19H2,(H,33,35,36). The van der Waals surface area contributed by atoms with Gasteiger partial charge in [0.1, 0.15) is 17.8 Å². The number of rotatable bonds is 5. The molecule has 0 amide bonds. The van der Waals surface area contributed by atoms with Gasteiger partial charge in [-0.3, -0.25) is 9.78 Å². The normalized spacial score (nSPS) is 13.0. The number of allylic oxidation sites excluding steroid dienone is 2. The number of hydrogen-bond acceptors (Lipinski definition) is 6. The zero-order valence-electron chi connectivity index (χ0n) is 20.8. The molecular formula is C32H22N6O. The molecule has 39 heavy (non-hydrogen) atoms. The number of hydrogen-bond donors (Lipinski definition) is 1. The van der Waals surface area contributed by atoms with Crippen LogP contribution in [0.1, 0.15) is 16.1 Å². The molecule has 186 valence electrons. The molecule has 6 aromatic rings. The van der Waals surface area contributed by atoms with Crippen molar-refractivity contribution in [1.29, 1.82) is 0 Å². The summed E-state index contributed by atoms with van der Waals surface area (Å²) in [5.41, 5.74) is 7.47. The fraction of sp³-hybridized carbons (Fsp3) is 0.0312. The third kappa shape index (κ3) is 4.06. The zero-order valence-corrected chi connectivity index (χ0v) is 20.8. The number of nitrogens with zero attached hydrogens (tertiary/aromatic N) is 5. The predicted molar refractivity (Wildman–Crippen MR) is 152 cm³/mol. The number of nitrogens with one attached hydrogen (secondary N) is 1. The van der Waals surface area contributed by atoms with E-state index in [1.54, 1.807) is 23.1 Å². The van der Waals surface area contributed by atoms with E-state index in [0.29, 0.717) is 17.8 Å². The highest BCUT2D eigenvalue weighted by atomic mass is 16.2. The Kier molecular flexibility index (Phi) is 5.52. The lowest BCUT2D eigenvalue weighted by molar-refractivity contribution is 0.0958. The van der Waals surface area contributed by atoms with Gasteiger partial charge >= 0.3 is 0 Å². The van der Waals surface area contributed by atoms with E-state index < -0.39 is 0 Å². The summed E-state index contributed by atoms with van der Waals surface area (Å²) in [6, 6.07) is 31.7. The molecule has 0 saturated heterocycles. The maximum atomic E-state index is 14.3. The number of carbonyl (C=O) groups is 1. The second-order valence-corrected chi connectivity index (χ2v) is 9.28. The van der Waals surface area contributed by atoms with Gasteiger partial charge in [0.2, 0.25) is 0 Å². The number of fused-ring (bicyclic) bond motifs is 2. The van der Waals surface area contributed by atoms with Crippen LogP contribution >= 0.6 is 0 Å². The average molecular weight is 507 g/mol. The topological polar surface area (TPSA) is 85.6 Å². The first-order valence-corrected chi connectivity index (χ1v) is 12.6. The van der Waals surface area contributed by atoms with Gasteiger partial charge in [-0.1, -0.05) is 72.8 Å². The van der Waals surface area contributed by atoms with Gasteiger partial charge in [-0.15, -0.1) is 0 Å². The highest BCUT2D eigenvalue weighted by Gasteiger charge is 2.33. The SMILES string of the molecule is O=C1C(c2ccc3ncccc3c2)=C(Nc2ccncn2)Cc2c(-c3ccccc3)c(-c3ccccc3)nn21. The molecule has 1 aliphatic heterocycles. The highest BCUT2D eigenvalue weighted by Crippen LogP contribution is 2.40. The maximum absolute atomic E-state index is 14.3. The molecule has 3 aromatic carbocycles. The van der Waals surface area contributed by atoms with E-state index in [0.717, 1.165) is 50.2 Å². The van der Waals surface area contributed by atoms with Crippen LogP contribution in [0.2, 0.25) is 0 Å². The van der Waals surface area contributed by atoms with Crippen LogP contribution in [0.5, 0.6) is 0 Å². The molecule has 1 N–H and O–H groups in total. The van der Waals surface area contributed by atoms with Crippen LogP contribution in [0.15, 0.2) is 121 Å². The van der Waals surface area contributed by atoms with E-state index in [4.69, 9.17) is 5.10 Å². The van der Waals surface area contributed by atoms with Crippen LogP contribution < -0.4 is 5.32 Å². The first-order valence-electron chi connectivity index (χ1n) is 12.6. The summed E-state index contributed by atoms with van der Waals surface area (Å²) in [5, 5.41) is 9.31. The molecule has 0 aliphatic carbocycles. The van der Waals surface area contributed by atoms with Crippen molar-refractivity contribution in [3.05, 3.63) is 133 Å². The Morgan fingerprint density at radius 2 is 1.54 bits per heavy atom. The Balaban J connectivity index is 1.45. The van der Waals surface area contributed by atoms with Crippen molar-refractivity contribution in [3.8, 4) is 22.4 Å². The summed E-state index contributed by atoms with van der Waals surface area (Å²) >= 11 is 0. The lowest BCUT2D eigenvalue weighted by Gasteiger charge is -2.23. The molecular weight excluding hydrogens is 484 g/mol. The molecule has 1 aliphatic rings. The van der Waals surface area contributed by atoms with Crippen LogP contribution in [0, 0.1) is 0 Å². The van der Waals surface area contributed by atoms with Crippen LogP contribution in [0.4, 0.5) is 5.82 Å². The number of benzene rings is 3. The lowest BCUT2D eigenvalue weighted by Crippen LogP contribution is -2.26. The molecule has 7 heteroatoms. The molecule has 7 rings (SSSR count). The zero-order chi connectivity index (χ0) is 26.2. The second-order valence-electron chi connectivity index (χ2n) is 9.28. The average Bonchev–Trinajstić information content (AvgIpc) is 3.38. The first-order chi connectivity index (χ1) is 19.3. The molecule has 7 nitrogen and oxygen atoms in total. The van der Waals surface area contributed by atoms with Crippen molar-refractivity contribution in [2.45, 2.75) is 6.42 Å². The van der Waals surface area contributed by atoms with Crippen LogP contribution in [-0.2, 0) is 6.42 Å². The van der Waals surface area contributed by atoms with E-state index in [-0.39, 0.29) is 5.91 Å². The molecule has 0 atom stereocenters. The number of pyridine rings is 1. The quantitative estimate of drug-likeness (QED) is 0.296. The van der Waals surface area contributed by atoms with Gasteiger partial charge < -0.3 is 5.32 Å². The molecule has 3 aromatic heterocycles. The number of anilines is 1. The Morgan fingerprint density at radius 3 is 2.31 bits per heavy atom. The summed E-state index contributed by atoms with van der Waals surface area (Å²) < 4.78 is 1.57. The summed E-state index contributed by atoms with van der Waals surface area (Å²) in [6.07, 6.45) is 5.39. The second kappa shape index (κ2) is 9.46. The number of carbonyl (C=O) groups excluding carboxylic acids is 1. The van der Waals surface area contributed by atoms with Gasteiger partial charge in [-0.05, 0) is 35.4 Å². The third-order valence-corrected chi connectivity index (χ3v) is 6.90. The molecule has 0 unspecified atom stereocenters. The van der Waals surface area contributed by atoms with Gasteiger partial charge in [-0.25, -0.2) is 9.97 Å².